The summed E-state index contributed by atoms with van der Waals surface area (Å²) in [7, 11) is 0. The van der Waals surface area contributed by atoms with Crippen LogP contribution in [0.15, 0.2) is 315 Å². The monoisotopic (exact) mass is 1260 g/mol. The lowest BCUT2D eigenvalue weighted by molar-refractivity contribution is 0.977. The number of aryl methyl sites for hydroxylation is 1. The van der Waals surface area contributed by atoms with Crippen LogP contribution in [-0.2, 0) is 0 Å². The lowest BCUT2D eigenvalue weighted by Crippen LogP contribution is -2.06. The van der Waals surface area contributed by atoms with E-state index in [0.717, 1.165) is 134 Å². The molecule has 460 valence electrons. The van der Waals surface area contributed by atoms with Crippen molar-refractivity contribution in [3.8, 4) is 158 Å². The minimum Gasteiger partial charge on any atom is -0.224 e. The standard InChI is InChI=1S/C86H56N12/c1-54-50-63(83-87-75(55-26-10-2-11-27-55)79(91-95-83)59-34-18-6-19-35-59)42-46-67(54)68-47-43-64(84-88-76(56-28-12-3-13-29-56)80(92-96-84)60-36-20-7-21-37-60)51-71(68)74-72-52-65(85-89-77(57-30-14-4-15-31-57)81(93-97-85)61-38-22-8-23-39-61)44-48-69(72)70-49-45-66(53-73(70)74)86-90-78(58-32-16-5-17-33-58)82(94-98-86)62-40-24-9-25-41-62/h2-53,74H,1H3. The van der Waals surface area contributed by atoms with Gasteiger partial charge in [-0.15, -0.1) is 40.8 Å². The molecule has 12 heteroatoms. The van der Waals surface area contributed by atoms with Crippen LogP contribution in [0.5, 0.6) is 0 Å². The van der Waals surface area contributed by atoms with Crippen LogP contribution in [0, 0.1) is 6.92 Å². The topological polar surface area (TPSA) is 155 Å². The normalized spacial score (nSPS) is 11.7. The molecule has 1 aliphatic rings. The van der Waals surface area contributed by atoms with Crippen molar-refractivity contribution in [3.63, 3.8) is 0 Å². The summed E-state index contributed by atoms with van der Waals surface area (Å²) in [6, 6.07) is 107. The highest BCUT2D eigenvalue weighted by Gasteiger charge is 2.35. The van der Waals surface area contributed by atoms with Gasteiger partial charge in [0.2, 0.25) is 0 Å². The fourth-order valence-corrected chi connectivity index (χ4v) is 13.3. The maximum absolute atomic E-state index is 5.46. The molecule has 4 aromatic heterocycles. The number of aromatic nitrogens is 12. The molecule has 0 N–H and O–H groups in total. The Morgan fingerprint density at radius 2 is 0.388 bits per heavy atom. The zero-order chi connectivity index (χ0) is 65.3. The fourth-order valence-electron chi connectivity index (χ4n) is 13.3. The first-order valence-electron chi connectivity index (χ1n) is 32.5. The first-order valence-corrected chi connectivity index (χ1v) is 32.5. The smallest absolute Gasteiger partial charge is 0.182 e. The Labute approximate surface area is 566 Å². The van der Waals surface area contributed by atoms with Crippen LogP contribution < -0.4 is 0 Å². The number of fused-ring (bicyclic) bond motifs is 3. The summed E-state index contributed by atoms with van der Waals surface area (Å²) in [5.74, 6) is 1.53. The van der Waals surface area contributed by atoms with Gasteiger partial charge in [-0.3, -0.25) is 0 Å². The number of benzene rings is 12. The van der Waals surface area contributed by atoms with Crippen molar-refractivity contribution >= 4 is 0 Å². The highest BCUT2D eigenvalue weighted by atomic mass is 15.2. The van der Waals surface area contributed by atoms with Crippen LogP contribution in [0.2, 0.25) is 0 Å². The Morgan fingerprint density at radius 3 is 0.622 bits per heavy atom. The zero-order valence-electron chi connectivity index (χ0n) is 53.0. The van der Waals surface area contributed by atoms with Gasteiger partial charge in [0, 0.05) is 72.7 Å². The lowest BCUT2D eigenvalue weighted by atomic mass is 9.81. The van der Waals surface area contributed by atoms with E-state index in [2.05, 4.69) is 128 Å². The molecule has 0 radical (unpaired) electrons. The molecular formula is C86H56N12. The van der Waals surface area contributed by atoms with E-state index in [1.807, 2.05) is 194 Å². The van der Waals surface area contributed by atoms with Crippen LogP contribution in [0.1, 0.15) is 28.2 Å². The van der Waals surface area contributed by atoms with E-state index in [1.165, 1.54) is 0 Å². The molecule has 0 bridgehead atoms. The number of hydrogen-bond donors (Lipinski definition) is 0. The summed E-state index contributed by atoms with van der Waals surface area (Å²) >= 11 is 0. The van der Waals surface area contributed by atoms with Gasteiger partial charge >= 0.3 is 0 Å². The third-order valence-electron chi connectivity index (χ3n) is 18.1. The number of rotatable bonds is 14. The summed E-state index contributed by atoms with van der Waals surface area (Å²) in [4.78, 5) is 21.6. The van der Waals surface area contributed by atoms with Crippen LogP contribution in [0.4, 0.5) is 0 Å². The molecule has 0 aliphatic heterocycles. The van der Waals surface area contributed by atoms with Gasteiger partial charge in [-0.1, -0.05) is 291 Å². The summed E-state index contributed by atoms with van der Waals surface area (Å²) in [6.07, 6.45) is 0. The Bertz CT molecular complexity index is 5440. The fraction of sp³-hybridized carbons (Fsp3) is 0.0233. The van der Waals surface area contributed by atoms with Gasteiger partial charge in [0.05, 0.1) is 0 Å². The van der Waals surface area contributed by atoms with Crippen LogP contribution in [0.3, 0.4) is 0 Å². The molecular weight excluding hydrogens is 1200 g/mol. The Kier molecular flexibility index (Phi) is 15.2. The van der Waals surface area contributed by atoms with E-state index in [9.17, 15) is 0 Å². The summed E-state index contributed by atoms with van der Waals surface area (Å²) in [5.41, 5.74) is 24.5. The van der Waals surface area contributed by atoms with E-state index in [1.54, 1.807) is 0 Å². The first kappa shape index (κ1) is 58.5. The minimum absolute atomic E-state index is 0.430. The van der Waals surface area contributed by atoms with Gasteiger partial charge in [-0.2, -0.15) is 0 Å². The molecule has 98 heavy (non-hydrogen) atoms. The summed E-state index contributed by atoms with van der Waals surface area (Å²) in [6.45, 7) is 2.15. The molecule has 0 amide bonds. The van der Waals surface area contributed by atoms with Gasteiger partial charge < -0.3 is 0 Å². The van der Waals surface area contributed by atoms with E-state index in [-0.39, 0.29) is 0 Å². The lowest BCUT2D eigenvalue weighted by Gasteiger charge is -2.22. The maximum atomic E-state index is 5.46. The van der Waals surface area contributed by atoms with Crippen LogP contribution >= 0.6 is 0 Å². The second kappa shape index (κ2) is 25.5. The zero-order valence-corrected chi connectivity index (χ0v) is 53.0. The minimum atomic E-state index is -0.430. The third kappa shape index (κ3) is 11.1. The van der Waals surface area contributed by atoms with Gasteiger partial charge in [-0.25, -0.2) is 19.9 Å². The predicted molar refractivity (Wildman–Crippen MR) is 388 cm³/mol. The summed E-state index contributed by atoms with van der Waals surface area (Å²) in [5, 5.41) is 39.6. The summed E-state index contributed by atoms with van der Waals surface area (Å²) < 4.78 is 0. The number of hydrogen-bond acceptors (Lipinski definition) is 12. The molecule has 1 aliphatic carbocycles. The third-order valence-corrected chi connectivity index (χ3v) is 18.1. The molecule has 0 saturated heterocycles. The van der Waals surface area contributed by atoms with Crippen LogP contribution in [-0.4, -0.2) is 60.7 Å². The Morgan fingerprint density at radius 1 is 0.184 bits per heavy atom. The molecule has 0 atom stereocenters. The van der Waals surface area contributed by atoms with E-state index in [4.69, 9.17) is 60.7 Å². The second-order valence-corrected chi connectivity index (χ2v) is 24.1. The Balaban J connectivity index is 0.882. The van der Waals surface area contributed by atoms with Crippen molar-refractivity contribution in [2.24, 2.45) is 0 Å². The van der Waals surface area contributed by atoms with Gasteiger partial charge in [0.1, 0.15) is 45.6 Å². The van der Waals surface area contributed by atoms with Crippen molar-refractivity contribution in [3.05, 3.63) is 338 Å². The van der Waals surface area contributed by atoms with Gasteiger partial charge in [-0.05, 0) is 75.7 Å². The molecule has 12 nitrogen and oxygen atoms in total. The van der Waals surface area contributed by atoms with Crippen molar-refractivity contribution < 1.29 is 0 Å². The molecule has 12 aromatic carbocycles. The first-order chi connectivity index (χ1) is 48.5. The number of nitrogens with zero attached hydrogens (tertiary/aromatic N) is 12. The van der Waals surface area contributed by atoms with Crippen LogP contribution in [0.25, 0.3) is 158 Å². The molecule has 16 aromatic rings. The quantitative estimate of drug-likeness (QED) is 0.102. The molecule has 0 fully saturated rings. The van der Waals surface area contributed by atoms with Crippen molar-refractivity contribution in [1.29, 1.82) is 0 Å². The predicted octanol–water partition coefficient (Wildman–Crippen LogP) is 19.6. The highest BCUT2D eigenvalue weighted by molar-refractivity contribution is 5.90. The molecule has 0 unspecified atom stereocenters. The molecule has 0 spiro atoms. The SMILES string of the molecule is Cc1cc(-c2nnc(-c3ccccc3)c(-c3ccccc3)n2)ccc1-c1ccc(-c2nnc(-c3ccccc3)c(-c3ccccc3)n2)cc1C1c2cc(-c3nnc(-c4ccccc4)c(-c4ccccc4)n3)ccc2-c2ccc(-c3nnc(-c4ccccc4)c(-c4ccccc4)n3)cc21. The Hall–Kier alpha value is -13.3. The van der Waals surface area contributed by atoms with E-state index < -0.39 is 5.92 Å². The average Bonchev–Trinajstić information content (AvgIpc) is 1.57. The van der Waals surface area contributed by atoms with Crippen molar-refractivity contribution in [1.82, 2.24) is 60.7 Å². The highest BCUT2D eigenvalue weighted by Crippen LogP contribution is 2.53. The maximum Gasteiger partial charge on any atom is 0.182 e. The molecule has 17 rings (SSSR count). The van der Waals surface area contributed by atoms with Crippen molar-refractivity contribution in [2.45, 2.75) is 12.8 Å². The van der Waals surface area contributed by atoms with Gasteiger partial charge in [0.25, 0.3) is 0 Å². The average molecular weight is 1260 g/mol. The molecule has 0 saturated carbocycles. The molecule has 4 heterocycles. The second-order valence-electron chi connectivity index (χ2n) is 24.1. The van der Waals surface area contributed by atoms with E-state index >= 15 is 0 Å². The van der Waals surface area contributed by atoms with Gasteiger partial charge in [0.15, 0.2) is 23.3 Å². The largest absolute Gasteiger partial charge is 0.224 e. The van der Waals surface area contributed by atoms with Crippen molar-refractivity contribution in [2.75, 3.05) is 0 Å². The van der Waals surface area contributed by atoms with E-state index in [0.29, 0.717) is 46.1 Å².